The van der Waals surface area contributed by atoms with Gasteiger partial charge >= 0.3 is 0 Å². The lowest BCUT2D eigenvalue weighted by molar-refractivity contribution is -0.121. The number of nitriles is 1. The topological polar surface area (TPSA) is 83.1 Å². The van der Waals surface area contributed by atoms with Gasteiger partial charge in [-0.25, -0.2) is 0 Å². The summed E-state index contributed by atoms with van der Waals surface area (Å²) < 4.78 is 3.10. The van der Waals surface area contributed by atoms with Crippen molar-refractivity contribution in [1.29, 1.82) is 5.26 Å². The van der Waals surface area contributed by atoms with Gasteiger partial charge in [-0.3, -0.25) is 9.20 Å². The second-order valence-electron chi connectivity index (χ2n) is 6.39. The smallest absolute Gasteiger partial charge is 0.234 e. The van der Waals surface area contributed by atoms with Crippen LogP contribution in [0.5, 0.6) is 0 Å². The highest BCUT2D eigenvalue weighted by Crippen LogP contribution is 2.31. The van der Waals surface area contributed by atoms with E-state index in [2.05, 4.69) is 21.6 Å². The zero-order valence-electron chi connectivity index (χ0n) is 14.5. The summed E-state index contributed by atoms with van der Waals surface area (Å²) >= 11 is 2.91. The lowest BCUT2D eigenvalue weighted by atomic mass is 9.90. The highest BCUT2D eigenvalue weighted by molar-refractivity contribution is 8.00. The Bertz CT molecular complexity index is 970. The van der Waals surface area contributed by atoms with E-state index in [-0.39, 0.29) is 11.8 Å². The van der Waals surface area contributed by atoms with E-state index in [1.807, 2.05) is 49.4 Å². The van der Waals surface area contributed by atoms with Crippen LogP contribution >= 0.6 is 23.1 Å². The van der Waals surface area contributed by atoms with E-state index in [0.29, 0.717) is 5.16 Å². The van der Waals surface area contributed by atoms with Crippen LogP contribution in [0, 0.1) is 17.2 Å². The van der Waals surface area contributed by atoms with Crippen LogP contribution in [0.25, 0.3) is 15.2 Å². The van der Waals surface area contributed by atoms with Crippen molar-refractivity contribution in [3.63, 3.8) is 0 Å². The van der Waals surface area contributed by atoms with Crippen molar-refractivity contribution < 1.29 is 4.79 Å². The van der Waals surface area contributed by atoms with Gasteiger partial charge in [0.05, 0.1) is 21.5 Å². The minimum Gasteiger partial charge on any atom is -0.337 e. The normalized spacial score (nSPS) is 15.2. The summed E-state index contributed by atoms with van der Waals surface area (Å²) in [4.78, 5) is 13.4. The number of hydrogen-bond donors (Lipinski definition) is 1. The second kappa shape index (κ2) is 6.65. The third-order valence-corrected chi connectivity index (χ3v) is 6.39. The number of rotatable bonds is 5. The molecule has 3 aromatic rings. The molecule has 0 saturated heterocycles. The number of hydrogen-bond acceptors (Lipinski definition) is 6. The molecule has 1 N–H and O–H groups in total. The molecule has 0 spiro atoms. The Morgan fingerprint density at radius 1 is 1.36 bits per heavy atom. The van der Waals surface area contributed by atoms with Crippen molar-refractivity contribution in [2.24, 2.45) is 5.92 Å². The molecule has 25 heavy (non-hydrogen) atoms. The molecule has 2 atom stereocenters. The maximum absolute atomic E-state index is 12.5. The Morgan fingerprint density at radius 2 is 2.08 bits per heavy atom. The van der Waals surface area contributed by atoms with E-state index in [1.54, 1.807) is 18.3 Å². The van der Waals surface area contributed by atoms with Crippen LogP contribution in [-0.2, 0) is 4.79 Å². The minimum absolute atomic E-state index is 0.0132. The average Bonchev–Trinajstić information content (AvgIpc) is 3.14. The van der Waals surface area contributed by atoms with E-state index < -0.39 is 10.8 Å². The van der Waals surface area contributed by atoms with Crippen molar-refractivity contribution in [3.05, 3.63) is 24.3 Å². The number of fused-ring (bicyclic) bond motifs is 3. The molecule has 130 valence electrons. The Kier molecular flexibility index (Phi) is 4.71. The first-order chi connectivity index (χ1) is 11.9. The molecular weight excluding hydrogens is 354 g/mol. The first-order valence-corrected chi connectivity index (χ1v) is 9.68. The van der Waals surface area contributed by atoms with Gasteiger partial charge in [-0.2, -0.15) is 5.26 Å². The SMILES string of the molecule is CC(Sc1nnc2sc3ccccc3n12)C(=O)NC(C)(C#N)C(C)C. The van der Waals surface area contributed by atoms with Crippen molar-refractivity contribution in [3.8, 4) is 6.07 Å². The molecular formula is C17H19N5OS2. The Labute approximate surface area is 154 Å². The molecule has 1 aromatic carbocycles. The first-order valence-electron chi connectivity index (χ1n) is 7.98. The van der Waals surface area contributed by atoms with Gasteiger partial charge in [0.2, 0.25) is 10.9 Å². The third kappa shape index (κ3) is 3.22. The number of aromatic nitrogens is 3. The largest absolute Gasteiger partial charge is 0.337 e. The highest BCUT2D eigenvalue weighted by Gasteiger charge is 2.32. The first kappa shape index (κ1) is 17.7. The second-order valence-corrected chi connectivity index (χ2v) is 8.71. The molecule has 2 heterocycles. The Hall–Kier alpha value is -2.11. The van der Waals surface area contributed by atoms with E-state index >= 15 is 0 Å². The summed E-state index contributed by atoms with van der Waals surface area (Å²) in [5, 5.41) is 21.0. The summed E-state index contributed by atoms with van der Waals surface area (Å²) in [6, 6.07) is 10.2. The van der Waals surface area contributed by atoms with Crippen LogP contribution in [0.3, 0.4) is 0 Å². The van der Waals surface area contributed by atoms with Gasteiger partial charge in [0.15, 0.2) is 5.16 Å². The van der Waals surface area contributed by atoms with Crippen LogP contribution < -0.4 is 5.32 Å². The fourth-order valence-electron chi connectivity index (χ4n) is 2.30. The predicted octanol–water partition coefficient (Wildman–Crippen LogP) is 3.48. The summed E-state index contributed by atoms with van der Waals surface area (Å²) in [7, 11) is 0. The molecule has 0 aliphatic heterocycles. The summed E-state index contributed by atoms with van der Waals surface area (Å²) in [5.41, 5.74) is 0.146. The summed E-state index contributed by atoms with van der Waals surface area (Å²) in [6.45, 7) is 7.39. The lowest BCUT2D eigenvalue weighted by Gasteiger charge is -2.28. The van der Waals surface area contributed by atoms with Crippen LogP contribution in [0.1, 0.15) is 27.7 Å². The number of thioether (sulfide) groups is 1. The number of amides is 1. The van der Waals surface area contributed by atoms with Crippen molar-refractivity contribution in [2.75, 3.05) is 0 Å². The molecule has 1 amide bonds. The van der Waals surface area contributed by atoms with E-state index in [4.69, 9.17) is 0 Å². The van der Waals surface area contributed by atoms with Gasteiger partial charge in [0.25, 0.3) is 0 Å². The zero-order chi connectivity index (χ0) is 18.2. The van der Waals surface area contributed by atoms with E-state index in [9.17, 15) is 10.1 Å². The number of carbonyl (C=O) groups excluding carboxylic acids is 1. The monoisotopic (exact) mass is 373 g/mol. The zero-order valence-corrected chi connectivity index (χ0v) is 16.1. The number of thiazole rings is 1. The van der Waals surface area contributed by atoms with E-state index in [1.165, 1.54) is 11.8 Å². The molecule has 0 saturated carbocycles. The highest BCUT2D eigenvalue weighted by atomic mass is 32.2. The van der Waals surface area contributed by atoms with Gasteiger partial charge < -0.3 is 5.32 Å². The fraction of sp³-hybridized carbons (Fsp3) is 0.412. The van der Waals surface area contributed by atoms with Crippen LogP contribution in [0.4, 0.5) is 0 Å². The Balaban J connectivity index is 1.84. The average molecular weight is 374 g/mol. The Morgan fingerprint density at radius 3 is 2.76 bits per heavy atom. The van der Waals surface area contributed by atoms with Gasteiger partial charge in [-0.1, -0.05) is 49.1 Å². The van der Waals surface area contributed by atoms with Gasteiger partial charge in [0.1, 0.15) is 5.54 Å². The van der Waals surface area contributed by atoms with Crippen LogP contribution in [0.15, 0.2) is 29.4 Å². The third-order valence-electron chi connectivity index (χ3n) is 4.33. The van der Waals surface area contributed by atoms with Crippen LogP contribution in [0.2, 0.25) is 0 Å². The maximum Gasteiger partial charge on any atom is 0.234 e. The number of nitrogens with one attached hydrogen (secondary N) is 1. The quantitative estimate of drug-likeness (QED) is 0.692. The minimum atomic E-state index is -0.888. The fourth-order valence-corrected chi connectivity index (χ4v) is 4.19. The predicted molar refractivity (Wildman–Crippen MR) is 101 cm³/mol. The number of benzene rings is 1. The van der Waals surface area contributed by atoms with Crippen molar-refractivity contribution >= 4 is 44.2 Å². The van der Waals surface area contributed by atoms with Crippen molar-refractivity contribution in [1.82, 2.24) is 19.9 Å². The molecule has 2 aromatic heterocycles. The van der Waals surface area contributed by atoms with Gasteiger partial charge in [0, 0.05) is 0 Å². The van der Waals surface area contributed by atoms with Gasteiger partial charge in [-0.05, 0) is 31.9 Å². The molecule has 0 fully saturated rings. The standard InChI is InChI=1S/C17H19N5OS2/c1-10(2)17(4,9-18)19-14(23)11(3)24-15-20-21-16-22(15)12-7-5-6-8-13(12)25-16/h5-8,10-11H,1-4H3,(H,19,23). The number of para-hydroxylation sites is 1. The molecule has 0 aliphatic rings. The lowest BCUT2D eigenvalue weighted by Crippen LogP contribution is -2.51. The molecule has 3 rings (SSSR count). The van der Waals surface area contributed by atoms with Crippen LogP contribution in [-0.4, -0.2) is 31.3 Å². The van der Waals surface area contributed by atoms with Gasteiger partial charge in [-0.15, -0.1) is 10.2 Å². The van der Waals surface area contributed by atoms with Crippen molar-refractivity contribution in [2.45, 2.75) is 43.6 Å². The molecule has 2 unspecified atom stereocenters. The molecule has 6 nitrogen and oxygen atoms in total. The summed E-state index contributed by atoms with van der Waals surface area (Å²) in [5.74, 6) is -0.168. The number of nitrogens with zero attached hydrogens (tertiary/aromatic N) is 4. The summed E-state index contributed by atoms with van der Waals surface area (Å²) in [6.07, 6.45) is 0. The molecule has 8 heteroatoms. The maximum atomic E-state index is 12.5. The number of carbonyl (C=O) groups is 1. The molecule has 0 bridgehead atoms. The molecule has 0 aliphatic carbocycles. The molecule has 0 radical (unpaired) electrons. The van der Waals surface area contributed by atoms with E-state index in [0.717, 1.165) is 15.2 Å².